The zero-order chi connectivity index (χ0) is 19.9. The van der Waals surface area contributed by atoms with Gasteiger partial charge in [0.2, 0.25) is 5.91 Å². The van der Waals surface area contributed by atoms with Crippen LogP contribution in [-0.2, 0) is 4.79 Å². The van der Waals surface area contributed by atoms with E-state index in [1.165, 1.54) is 0 Å². The quantitative estimate of drug-likeness (QED) is 0.718. The minimum absolute atomic E-state index is 0.118. The zero-order valence-electron chi connectivity index (χ0n) is 15.3. The molecular formula is C19H20F3N5O. The molecule has 0 spiro atoms. The zero-order valence-corrected chi connectivity index (χ0v) is 15.3. The molecule has 148 valence electrons. The molecule has 1 saturated heterocycles. The standard InChI is InChI=1S/C19H20F3N5O/c1-11-2-3-13(18(28)26-10-19(20,21)22)9-27(11)17-15-12(4-6-24-17)8-25-16-14(15)5-7-23-16/h4-8,11,13H,2-3,9-10H2,1H3,(H,23,25)(H,26,28). The lowest BCUT2D eigenvalue weighted by atomic mass is 9.92. The van der Waals surface area contributed by atoms with Crippen LogP contribution < -0.4 is 10.2 Å². The van der Waals surface area contributed by atoms with Crippen LogP contribution in [0, 0.1) is 5.92 Å². The van der Waals surface area contributed by atoms with Crippen LogP contribution in [0.25, 0.3) is 21.8 Å². The third-order valence-corrected chi connectivity index (χ3v) is 5.28. The van der Waals surface area contributed by atoms with E-state index in [2.05, 4.69) is 15.0 Å². The molecule has 1 amide bonds. The number of nitrogens with zero attached hydrogens (tertiary/aromatic N) is 3. The molecule has 0 bridgehead atoms. The molecule has 28 heavy (non-hydrogen) atoms. The number of aromatic amines is 1. The molecule has 4 heterocycles. The molecule has 0 radical (unpaired) electrons. The molecule has 4 rings (SSSR count). The summed E-state index contributed by atoms with van der Waals surface area (Å²) in [5, 5.41) is 4.79. The molecule has 3 aromatic heterocycles. The number of nitrogens with one attached hydrogen (secondary N) is 2. The molecule has 1 aliphatic rings. The van der Waals surface area contributed by atoms with E-state index < -0.39 is 24.5 Å². The molecule has 9 heteroatoms. The number of piperidine rings is 1. The summed E-state index contributed by atoms with van der Waals surface area (Å²) in [6, 6.07) is 3.92. The summed E-state index contributed by atoms with van der Waals surface area (Å²) >= 11 is 0. The van der Waals surface area contributed by atoms with E-state index in [1.807, 2.05) is 29.3 Å². The summed E-state index contributed by atoms with van der Waals surface area (Å²) in [5.74, 6) is -0.354. The minimum Gasteiger partial charge on any atom is -0.353 e. The van der Waals surface area contributed by atoms with Gasteiger partial charge in [-0.1, -0.05) is 0 Å². The van der Waals surface area contributed by atoms with Crippen molar-refractivity contribution in [2.75, 3.05) is 18.0 Å². The van der Waals surface area contributed by atoms with Crippen molar-refractivity contribution in [2.45, 2.75) is 32.0 Å². The van der Waals surface area contributed by atoms with Crippen molar-refractivity contribution in [3.05, 3.63) is 30.7 Å². The van der Waals surface area contributed by atoms with Gasteiger partial charge >= 0.3 is 6.18 Å². The molecule has 0 aromatic carbocycles. The third kappa shape index (κ3) is 3.48. The smallest absolute Gasteiger partial charge is 0.353 e. The summed E-state index contributed by atoms with van der Waals surface area (Å²) in [6.07, 6.45) is 2.10. The van der Waals surface area contributed by atoms with E-state index in [0.717, 1.165) is 27.6 Å². The first-order chi connectivity index (χ1) is 13.3. The Kier molecular flexibility index (Phi) is 4.60. The van der Waals surface area contributed by atoms with Gasteiger partial charge in [0.05, 0.1) is 5.92 Å². The van der Waals surface area contributed by atoms with E-state index in [0.29, 0.717) is 19.4 Å². The van der Waals surface area contributed by atoms with Crippen LogP contribution in [0.1, 0.15) is 19.8 Å². The number of halogens is 3. The average Bonchev–Trinajstić information content (AvgIpc) is 3.14. The van der Waals surface area contributed by atoms with Crippen LogP contribution >= 0.6 is 0 Å². The first kappa shape index (κ1) is 18.5. The lowest BCUT2D eigenvalue weighted by molar-refractivity contribution is -0.141. The maximum Gasteiger partial charge on any atom is 0.405 e. The van der Waals surface area contributed by atoms with Gasteiger partial charge in [0.15, 0.2) is 0 Å². The largest absolute Gasteiger partial charge is 0.405 e. The molecule has 6 nitrogen and oxygen atoms in total. The predicted molar refractivity (Wildman–Crippen MR) is 100.0 cm³/mol. The fraction of sp³-hybridized carbons (Fsp3) is 0.421. The summed E-state index contributed by atoms with van der Waals surface area (Å²) in [6.45, 7) is 1.06. The summed E-state index contributed by atoms with van der Waals surface area (Å²) in [7, 11) is 0. The van der Waals surface area contributed by atoms with Crippen LogP contribution in [0.5, 0.6) is 0 Å². The Labute approximate surface area is 159 Å². The van der Waals surface area contributed by atoms with E-state index in [1.54, 1.807) is 18.6 Å². The molecule has 0 aliphatic carbocycles. The Morgan fingerprint density at radius 3 is 2.93 bits per heavy atom. The number of rotatable bonds is 3. The van der Waals surface area contributed by atoms with Crippen molar-refractivity contribution in [1.29, 1.82) is 0 Å². The van der Waals surface area contributed by atoms with Crippen LogP contribution in [-0.4, -0.2) is 46.2 Å². The second-order valence-electron chi connectivity index (χ2n) is 7.21. The van der Waals surface area contributed by atoms with Crippen molar-refractivity contribution >= 4 is 33.5 Å². The van der Waals surface area contributed by atoms with E-state index in [9.17, 15) is 18.0 Å². The lowest BCUT2D eigenvalue weighted by Gasteiger charge is -2.38. The van der Waals surface area contributed by atoms with Crippen molar-refractivity contribution in [3.63, 3.8) is 0 Å². The number of carbonyl (C=O) groups is 1. The number of hydrogen-bond donors (Lipinski definition) is 2. The van der Waals surface area contributed by atoms with Gasteiger partial charge in [-0.05, 0) is 31.9 Å². The number of aromatic nitrogens is 3. The fourth-order valence-corrected chi connectivity index (χ4v) is 3.82. The normalized spacial score (nSPS) is 20.6. The van der Waals surface area contributed by atoms with Crippen molar-refractivity contribution in [3.8, 4) is 0 Å². The molecule has 2 N–H and O–H groups in total. The minimum atomic E-state index is -4.42. The number of pyridine rings is 2. The highest BCUT2D eigenvalue weighted by atomic mass is 19.4. The highest BCUT2D eigenvalue weighted by molar-refractivity contribution is 6.10. The second kappa shape index (κ2) is 6.96. The highest BCUT2D eigenvalue weighted by Crippen LogP contribution is 2.34. The van der Waals surface area contributed by atoms with Gasteiger partial charge in [-0.3, -0.25) is 4.79 Å². The Balaban J connectivity index is 1.66. The fourth-order valence-electron chi connectivity index (χ4n) is 3.82. The van der Waals surface area contributed by atoms with Gasteiger partial charge < -0.3 is 15.2 Å². The summed E-state index contributed by atoms with van der Waals surface area (Å²) in [5.41, 5.74) is 0.742. The van der Waals surface area contributed by atoms with E-state index in [4.69, 9.17) is 0 Å². The topological polar surface area (TPSA) is 73.9 Å². The lowest BCUT2D eigenvalue weighted by Crippen LogP contribution is -2.48. The number of hydrogen-bond acceptors (Lipinski definition) is 4. The third-order valence-electron chi connectivity index (χ3n) is 5.28. The van der Waals surface area contributed by atoms with E-state index in [-0.39, 0.29) is 6.04 Å². The molecule has 1 fully saturated rings. The van der Waals surface area contributed by atoms with Crippen LogP contribution in [0.4, 0.5) is 19.0 Å². The van der Waals surface area contributed by atoms with Gasteiger partial charge in [0.1, 0.15) is 18.0 Å². The molecular weight excluding hydrogens is 371 g/mol. The number of alkyl halides is 3. The number of fused-ring (bicyclic) bond motifs is 3. The van der Waals surface area contributed by atoms with Gasteiger partial charge in [0, 0.05) is 47.3 Å². The Bertz CT molecular complexity index is 1020. The predicted octanol–water partition coefficient (Wildman–Crippen LogP) is 3.39. The Hall–Kier alpha value is -2.84. The van der Waals surface area contributed by atoms with E-state index >= 15 is 0 Å². The summed E-state index contributed by atoms with van der Waals surface area (Å²) in [4.78, 5) is 26.4. The molecule has 3 aromatic rings. The van der Waals surface area contributed by atoms with Crippen molar-refractivity contribution < 1.29 is 18.0 Å². The first-order valence-electron chi connectivity index (χ1n) is 9.15. The average molecular weight is 391 g/mol. The van der Waals surface area contributed by atoms with Gasteiger partial charge in [-0.15, -0.1) is 0 Å². The SMILES string of the molecule is CC1CCC(C(=O)NCC(F)(F)F)CN1c1nccc2cnc3[nH]ccc3c12. The second-order valence-corrected chi connectivity index (χ2v) is 7.21. The van der Waals surface area contributed by atoms with Crippen molar-refractivity contribution in [2.24, 2.45) is 5.92 Å². The van der Waals surface area contributed by atoms with Gasteiger partial charge in [-0.2, -0.15) is 13.2 Å². The first-order valence-corrected chi connectivity index (χ1v) is 9.15. The van der Waals surface area contributed by atoms with Crippen LogP contribution in [0.3, 0.4) is 0 Å². The van der Waals surface area contributed by atoms with Gasteiger partial charge in [0.25, 0.3) is 0 Å². The highest BCUT2D eigenvalue weighted by Gasteiger charge is 2.34. The monoisotopic (exact) mass is 391 g/mol. The summed E-state index contributed by atoms with van der Waals surface area (Å²) < 4.78 is 37.3. The molecule has 2 atom stereocenters. The molecule has 1 aliphatic heterocycles. The number of carbonyl (C=O) groups excluding carboxylic acids is 1. The number of anilines is 1. The number of amides is 1. The van der Waals surface area contributed by atoms with Crippen LogP contribution in [0.15, 0.2) is 30.7 Å². The Morgan fingerprint density at radius 2 is 2.14 bits per heavy atom. The number of H-pyrrole nitrogens is 1. The molecule has 0 saturated carbocycles. The van der Waals surface area contributed by atoms with Crippen LogP contribution in [0.2, 0.25) is 0 Å². The molecule has 2 unspecified atom stereocenters. The maximum atomic E-state index is 12.4. The van der Waals surface area contributed by atoms with Gasteiger partial charge in [-0.25, -0.2) is 9.97 Å². The Morgan fingerprint density at radius 1 is 1.32 bits per heavy atom. The van der Waals surface area contributed by atoms with Crippen molar-refractivity contribution in [1.82, 2.24) is 20.3 Å². The maximum absolute atomic E-state index is 12.4.